The van der Waals surface area contributed by atoms with Crippen LogP contribution in [-0.4, -0.2) is 0 Å². The predicted octanol–water partition coefficient (Wildman–Crippen LogP) is 0.0263. The number of hydrogen-bond acceptors (Lipinski definition) is 4. The van der Waals surface area contributed by atoms with Gasteiger partial charge in [0.05, 0.1) is 0 Å². The van der Waals surface area contributed by atoms with Crippen LogP contribution < -0.4 is 0 Å². The molecule has 0 heterocycles. The quantitative estimate of drug-likeness (QED) is 0.301. The van der Waals surface area contributed by atoms with Gasteiger partial charge in [0.15, 0.2) is 0 Å². The van der Waals surface area contributed by atoms with E-state index in [4.69, 9.17) is 10.5 Å². The van der Waals surface area contributed by atoms with Crippen LogP contribution in [0.3, 0.4) is 0 Å². The van der Waals surface area contributed by atoms with E-state index in [-0.39, 0.29) is 19.5 Å². The summed E-state index contributed by atoms with van der Waals surface area (Å²) in [6.45, 7) is 0. The van der Waals surface area contributed by atoms with Gasteiger partial charge in [0.2, 0.25) is 0 Å². The molecule has 0 aromatic heterocycles. The third kappa shape index (κ3) is 52500. The summed E-state index contributed by atoms with van der Waals surface area (Å²) in [7, 11) is 0. The molecular weight excluding hydrogens is 182 g/mol. The van der Waals surface area contributed by atoms with Crippen LogP contribution >= 0.6 is 0 Å². The number of rotatable bonds is 0. The topological polar surface area (TPSA) is 47.6 Å². The van der Waals surface area contributed by atoms with Gasteiger partial charge in [0.1, 0.15) is 0 Å². The summed E-state index contributed by atoms with van der Waals surface area (Å²) < 4.78 is 0. The van der Waals surface area contributed by atoms with Crippen molar-refractivity contribution in [3.05, 3.63) is 0 Å². The molecule has 0 saturated carbocycles. The molecule has 0 unspecified atom stereocenters. The summed E-state index contributed by atoms with van der Waals surface area (Å²) in [5.41, 5.74) is 0. The Kier molecular flexibility index (Phi) is 82.8. The second-order valence-corrected chi connectivity index (χ2v) is 0.548. The maximum atomic E-state index is 7.13. The Morgan fingerprint density at radius 2 is 1.00 bits per heavy atom. The van der Waals surface area contributed by atoms with E-state index in [0.29, 0.717) is 0 Å². The van der Waals surface area contributed by atoms with Gasteiger partial charge < -0.3 is 25.3 Å². The van der Waals surface area contributed by atoms with Crippen LogP contribution in [0.2, 0.25) is 0 Å². The van der Waals surface area contributed by atoms with E-state index in [1.807, 2.05) is 0 Å². The molecular formula is C2N2S2Zn. The van der Waals surface area contributed by atoms with E-state index in [0.717, 1.165) is 0 Å². The molecule has 0 rings (SSSR count). The van der Waals surface area contributed by atoms with Gasteiger partial charge in [-0.2, -0.15) is 0 Å². The average molecular weight is 182 g/mol. The zero-order valence-corrected chi connectivity index (χ0v) is 8.02. The first-order valence-electron chi connectivity index (χ1n) is 0.855. The van der Waals surface area contributed by atoms with Crippen LogP contribution in [0.25, 0.3) is 0 Å². The van der Waals surface area contributed by atoms with Crippen LogP contribution in [0.1, 0.15) is 0 Å². The van der Waals surface area contributed by atoms with E-state index in [9.17, 15) is 0 Å². The monoisotopic (exact) mass is 180 g/mol. The minimum absolute atomic E-state index is 0. The van der Waals surface area contributed by atoms with Crippen molar-refractivity contribution >= 4 is 25.3 Å². The molecule has 0 N–H and O–H groups in total. The van der Waals surface area contributed by atoms with Crippen molar-refractivity contribution in [2.75, 3.05) is 0 Å². The molecule has 0 aliphatic heterocycles. The van der Waals surface area contributed by atoms with Gasteiger partial charge in [-0.05, 0) is 0 Å². The van der Waals surface area contributed by atoms with Gasteiger partial charge in [-0.25, -0.2) is 10.5 Å². The van der Waals surface area contributed by atoms with E-state index < -0.39 is 0 Å². The zero-order chi connectivity index (χ0) is 5.41. The molecule has 7 heavy (non-hydrogen) atoms. The first kappa shape index (κ1) is 15.7. The smallest absolute Gasteiger partial charge is 0.696 e. The summed E-state index contributed by atoms with van der Waals surface area (Å²) in [5, 5.41) is 16.9. The Bertz CT molecular complexity index is 68.7. The van der Waals surface area contributed by atoms with Crippen molar-refractivity contribution < 1.29 is 19.5 Å². The third-order valence-electron chi connectivity index (χ3n) is 0. The summed E-state index contributed by atoms with van der Waals surface area (Å²) in [6, 6.07) is 0. The first-order valence-corrected chi connectivity index (χ1v) is 1.67. The van der Waals surface area contributed by atoms with Gasteiger partial charge in [-0.1, -0.05) is 10.8 Å². The molecule has 0 radical (unpaired) electrons. The maximum Gasteiger partial charge on any atom is 2.00 e. The molecule has 0 aliphatic carbocycles. The molecule has 0 aromatic rings. The Hall–Kier alpha value is 0.0434. The van der Waals surface area contributed by atoms with Crippen molar-refractivity contribution in [3.8, 4) is 10.8 Å². The van der Waals surface area contributed by atoms with Crippen LogP contribution in [0, 0.1) is 21.3 Å². The fourth-order valence-electron chi connectivity index (χ4n) is 0. The first-order chi connectivity index (χ1) is 2.83. The number of nitriles is 2. The SMILES string of the molecule is N#C[S-].N#C[S-].[Zn+2]. The van der Waals surface area contributed by atoms with Gasteiger partial charge in [-0.15, -0.1) is 0 Å². The summed E-state index contributed by atoms with van der Waals surface area (Å²) in [6.07, 6.45) is 0. The molecule has 0 spiro atoms. The van der Waals surface area contributed by atoms with E-state index >= 15 is 0 Å². The van der Waals surface area contributed by atoms with Crippen LogP contribution in [-0.2, 0) is 44.7 Å². The van der Waals surface area contributed by atoms with Crippen molar-refractivity contribution in [2.45, 2.75) is 0 Å². The number of hydrogen-bond donors (Lipinski definition) is 0. The Morgan fingerprint density at radius 1 is 1.00 bits per heavy atom. The molecule has 0 saturated heterocycles. The van der Waals surface area contributed by atoms with Gasteiger partial charge in [0, 0.05) is 0 Å². The van der Waals surface area contributed by atoms with E-state index in [1.54, 1.807) is 0 Å². The van der Waals surface area contributed by atoms with Crippen LogP contribution in [0.4, 0.5) is 0 Å². The molecule has 32 valence electrons. The normalized spacial score (nSPS) is 2.00. The zero-order valence-electron chi connectivity index (χ0n) is 3.42. The summed E-state index contributed by atoms with van der Waals surface area (Å²) in [5.74, 6) is 0. The molecule has 0 atom stereocenters. The number of thiocyanates is 2. The Morgan fingerprint density at radius 3 is 1.00 bits per heavy atom. The average Bonchev–Trinajstić information content (AvgIpc) is 1.39. The van der Waals surface area contributed by atoms with Crippen LogP contribution in [0.15, 0.2) is 0 Å². The molecule has 0 fully saturated rings. The predicted molar refractivity (Wildman–Crippen MR) is 26.0 cm³/mol. The molecule has 0 amide bonds. The fourth-order valence-corrected chi connectivity index (χ4v) is 0. The summed E-state index contributed by atoms with van der Waals surface area (Å²) >= 11 is 7.40. The minimum atomic E-state index is 0. The van der Waals surface area contributed by atoms with E-state index in [2.05, 4.69) is 25.3 Å². The fraction of sp³-hybridized carbons (Fsp3) is 0. The third-order valence-corrected chi connectivity index (χ3v) is 0. The van der Waals surface area contributed by atoms with Crippen molar-refractivity contribution in [2.24, 2.45) is 0 Å². The Balaban J connectivity index is -0.0000000400. The molecule has 2 nitrogen and oxygen atoms in total. The van der Waals surface area contributed by atoms with Gasteiger partial charge >= 0.3 is 19.5 Å². The molecule has 0 bridgehead atoms. The maximum absolute atomic E-state index is 7.13. The standard InChI is InChI=1S/2CHNS.Zn/c2*2-1-3;/h2*3H;/q;;+2/p-2. The van der Waals surface area contributed by atoms with Gasteiger partial charge in [0.25, 0.3) is 0 Å². The second kappa shape index (κ2) is 36.8. The van der Waals surface area contributed by atoms with Crippen molar-refractivity contribution in [1.29, 1.82) is 10.5 Å². The second-order valence-electron chi connectivity index (χ2n) is 0.183. The minimum Gasteiger partial charge on any atom is -0.696 e. The molecule has 0 aliphatic rings. The van der Waals surface area contributed by atoms with E-state index in [1.165, 1.54) is 10.8 Å². The van der Waals surface area contributed by atoms with Gasteiger partial charge in [-0.3, -0.25) is 0 Å². The summed E-state index contributed by atoms with van der Waals surface area (Å²) in [4.78, 5) is 0. The Labute approximate surface area is 66.1 Å². The van der Waals surface area contributed by atoms with Crippen molar-refractivity contribution in [1.82, 2.24) is 0 Å². The number of nitrogens with zero attached hydrogens (tertiary/aromatic N) is 2. The largest absolute Gasteiger partial charge is 2.00 e. The molecule has 0 aromatic carbocycles. The molecule has 5 heteroatoms. The van der Waals surface area contributed by atoms with Crippen LogP contribution in [0.5, 0.6) is 0 Å². The van der Waals surface area contributed by atoms with Crippen molar-refractivity contribution in [3.63, 3.8) is 0 Å².